The lowest BCUT2D eigenvalue weighted by atomic mass is 10.0. The van der Waals surface area contributed by atoms with E-state index in [9.17, 15) is 4.79 Å². The number of hydrogen-bond donors (Lipinski definition) is 1. The Morgan fingerprint density at radius 2 is 1.59 bits per heavy atom. The smallest absolute Gasteiger partial charge is 0.224 e. The van der Waals surface area contributed by atoms with Gasteiger partial charge in [-0.25, -0.2) is 0 Å². The van der Waals surface area contributed by atoms with Crippen LogP contribution in [0, 0.1) is 11.3 Å². The predicted octanol–water partition coefficient (Wildman–Crippen LogP) is 3.71. The molecule has 0 heterocycles. The molecule has 2 unspecified atom stereocenters. The minimum atomic E-state index is -0.139. The molecule has 0 saturated heterocycles. The van der Waals surface area contributed by atoms with Gasteiger partial charge in [-0.1, -0.05) is 34.6 Å². The van der Waals surface area contributed by atoms with Crippen LogP contribution in [0.25, 0.3) is 0 Å². The highest BCUT2D eigenvalue weighted by atomic mass is 32.2. The van der Waals surface area contributed by atoms with E-state index in [4.69, 9.17) is 0 Å². The molecule has 0 aliphatic carbocycles. The second-order valence-electron chi connectivity index (χ2n) is 7.10. The van der Waals surface area contributed by atoms with Gasteiger partial charge in [-0.2, -0.15) is 11.8 Å². The zero-order chi connectivity index (χ0) is 13.9. The van der Waals surface area contributed by atoms with E-state index in [1.54, 1.807) is 0 Å². The molecular weight excluding hydrogens is 230 g/mol. The van der Waals surface area contributed by atoms with Gasteiger partial charge in [0.1, 0.15) is 0 Å². The van der Waals surface area contributed by atoms with Gasteiger partial charge in [0.05, 0.1) is 0 Å². The Balaban J connectivity index is 4.21. The van der Waals surface area contributed by atoms with Crippen LogP contribution in [0.3, 0.4) is 0 Å². The van der Waals surface area contributed by atoms with E-state index >= 15 is 0 Å². The Morgan fingerprint density at radius 1 is 1.12 bits per heavy atom. The molecule has 1 amide bonds. The first-order valence-electron chi connectivity index (χ1n) is 6.36. The van der Waals surface area contributed by atoms with Gasteiger partial charge in [-0.05, 0) is 31.9 Å². The van der Waals surface area contributed by atoms with E-state index in [2.05, 4.69) is 33.0 Å². The summed E-state index contributed by atoms with van der Waals surface area (Å²) in [6, 6.07) is 0. The fourth-order valence-electron chi connectivity index (χ4n) is 1.22. The van der Waals surface area contributed by atoms with Crippen molar-refractivity contribution in [3.63, 3.8) is 0 Å². The predicted molar refractivity (Wildman–Crippen MR) is 78.4 cm³/mol. The highest BCUT2D eigenvalue weighted by Gasteiger charge is 2.25. The topological polar surface area (TPSA) is 29.1 Å². The molecule has 17 heavy (non-hydrogen) atoms. The molecule has 0 saturated carbocycles. The van der Waals surface area contributed by atoms with Crippen LogP contribution >= 0.6 is 11.8 Å². The Bertz CT molecular complexity index is 250. The van der Waals surface area contributed by atoms with Crippen LogP contribution in [-0.2, 0) is 4.79 Å². The zero-order valence-electron chi connectivity index (χ0n) is 12.7. The monoisotopic (exact) mass is 259 g/mol. The van der Waals surface area contributed by atoms with E-state index in [1.807, 2.05) is 39.5 Å². The number of amides is 1. The number of carbonyl (C=O) groups excluding carboxylic acids is 1. The maximum Gasteiger partial charge on any atom is 0.224 e. The standard InChI is InChI=1S/C14H29NOS/c1-10(12(16)15-14(6,7)8)11(2)17-9-13(3,4)5/h10-11H,9H2,1-8H3,(H,15,16). The van der Waals surface area contributed by atoms with Crippen LogP contribution in [-0.4, -0.2) is 22.4 Å². The molecule has 0 aromatic carbocycles. The van der Waals surface area contributed by atoms with Gasteiger partial charge in [0.25, 0.3) is 0 Å². The first-order chi connectivity index (χ1) is 7.42. The average Bonchev–Trinajstić information content (AvgIpc) is 2.08. The summed E-state index contributed by atoms with van der Waals surface area (Å²) in [6.45, 7) is 16.9. The summed E-state index contributed by atoms with van der Waals surface area (Å²) < 4.78 is 0. The van der Waals surface area contributed by atoms with Crippen LogP contribution in [0.4, 0.5) is 0 Å². The second-order valence-corrected chi connectivity index (χ2v) is 8.47. The first-order valence-corrected chi connectivity index (χ1v) is 7.41. The molecule has 2 atom stereocenters. The lowest BCUT2D eigenvalue weighted by Crippen LogP contribution is -2.45. The summed E-state index contributed by atoms with van der Waals surface area (Å²) in [7, 11) is 0. The number of thioether (sulfide) groups is 1. The van der Waals surface area contributed by atoms with E-state index in [0.717, 1.165) is 5.75 Å². The summed E-state index contributed by atoms with van der Waals surface area (Å²) in [4.78, 5) is 12.0. The Morgan fingerprint density at radius 3 is 1.94 bits per heavy atom. The first kappa shape index (κ1) is 16.8. The van der Waals surface area contributed by atoms with Crippen molar-refractivity contribution in [2.45, 2.75) is 66.2 Å². The fraction of sp³-hybridized carbons (Fsp3) is 0.929. The lowest BCUT2D eigenvalue weighted by molar-refractivity contribution is -0.125. The van der Waals surface area contributed by atoms with Crippen LogP contribution in [0.2, 0.25) is 0 Å². The van der Waals surface area contributed by atoms with Crippen molar-refractivity contribution in [3.8, 4) is 0 Å². The molecule has 102 valence electrons. The quantitative estimate of drug-likeness (QED) is 0.834. The van der Waals surface area contributed by atoms with Gasteiger partial charge in [0.15, 0.2) is 0 Å². The molecule has 0 radical (unpaired) electrons. The van der Waals surface area contributed by atoms with Gasteiger partial charge in [0.2, 0.25) is 5.91 Å². The van der Waals surface area contributed by atoms with E-state index in [0.29, 0.717) is 10.7 Å². The molecule has 0 aromatic heterocycles. The number of carbonyl (C=O) groups is 1. The van der Waals surface area contributed by atoms with E-state index in [-0.39, 0.29) is 17.4 Å². The molecule has 3 heteroatoms. The second kappa shape index (κ2) is 6.12. The number of rotatable bonds is 4. The van der Waals surface area contributed by atoms with E-state index in [1.165, 1.54) is 0 Å². The summed E-state index contributed by atoms with van der Waals surface area (Å²) in [5.74, 6) is 1.30. The summed E-state index contributed by atoms with van der Waals surface area (Å²) in [5.41, 5.74) is 0.179. The Hall–Kier alpha value is -0.180. The van der Waals surface area contributed by atoms with E-state index < -0.39 is 0 Å². The van der Waals surface area contributed by atoms with Crippen LogP contribution in [0.5, 0.6) is 0 Å². The van der Waals surface area contributed by atoms with Gasteiger partial charge < -0.3 is 5.32 Å². The maximum atomic E-state index is 12.0. The van der Waals surface area contributed by atoms with Crippen molar-refractivity contribution < 1.29 is 4.79 Å². The third kappa shape index (κ3) is 8.53. The number of hydrogen-bond acceptors (Lipinski definition) is 2. The summed E-state index contributed by atoms with van der Waals surface area (Å²) in [5, 5.41) is 3.40. The fourth-order valence-corrected chi connectivity index (χ4v) is 2.40. The summed E-state index contributed by atoms with van der Waals surface area (Å²) in [6.07, 6.45) is 0. The van der Waals surface area contributed by atoms with Gasteiger partial charge in [0, 0.05) is 16.7 Å². The third-order valence-corrected chi connectivity index (χ3v) is 4.36. The van der Waals surface area contributed by atoms with Gasteiger partial charge in [-0.3, -0.25) is 4.79 Å². The molecule has 0 spiro atoms. The van der Waals surface area contributed by atoms with Gasteiger partial charge in [-0.15, -0.1) is 0 Å². The number of nitrogens with one attached hydrogen (secondary N) is 1. The molecule has 0 aromatic rings. The minimum Gasteiger partial charge on any atom is -0.351 e. The van der Waals surface area contributed by atoms with Crippen molar-refractivity contribution in [3.05, 3.63) is 0 Å². The SMILES string of the molecule is CC(SCC(C)(C)C)C(C)C(=O)NC(C)(C)C. The Labute approximate surface area is 111 Å². The molecule has 0 fully saturated rings. The molecule has 0 rings (SSSR count). The van der Waals surface area contributed by atoms with Crippen molar-refractivity contribution in [2.24, 2.45) is 11.3 Å². The van der Waals surface area contributed by atoms with Crippen LogP contribution < -0.4 is 5.32 Å². The molecule has 2 nitrogen and oxygen atoms in total. The zero-order valence-corrected chi connectivity index (χ0v) is 13.5. The third-order valence-electron chi connectivity index (χ3n) is 2.40. The van der Waals surface area contributed by atoms with Crippen LogP contribution in [0.15, 0.2) is 0 Å². The average molecular weight is 259 g/mol. The Kier molecular flexibility index (Phi) is 6.06. The largest absolute Gasteiger partial charge is 0.351 e. The lowest BCUT2D eigenvalue weighted by Gasteiger charge is -2.27. The molecule has 0 aliphatic rings. The molecular formula is C14H29NOS. The molecule has 0 bridgehead atoms. The minimum absolute atomic E-state index is 0.0570. The van der Waals surface area contributed by atoms with Crippen LogP contribution in [0.1, 0.15) is 55.4 Å². The highest BCUT2D eigenvalue weighted by molar-refractivity contribution is 7.99. The van der Waals surface area contributed by atoms with Crippen molar-refractivity contribution in [1.82, 2.24) is 5.32 Å². The normalized spacial score (nSPS) is 16.5. The molecule has 1 N–H and O–H groups in total. The van der Waals surface area contributed by atoms with Crippen molar-refractivity contribution >= 4 is 17.7 Å². The maximum absolute atomic E-state index is 12.0. The summed E-state index contributed by atoms with van der Waals surface area (Å²) >= 11 is 1.88. The van der Waals surface area contributed by atoms with Crippen molar-refractivity contribution in [2.75, 3.05) is 5.75 Å². The van der Waals surface area contributed by atoms with Crippen molar-refractivity contribution in [1.29, 1.82) is 0 Å². The molecule has 0 aliphatic heterocycles. The van der Waals surface area contributed by atoms with Gasteiger partial charge >= 0.3 is 0 Å². The highest BCUT2D eigenvalue weighted by Crippen LogP contribution is 2.27.